The zero-order valence-electron chi connectivity index (χ0n) is 13.3. The van der Waals surface area contributed by atoms with Crippen LogP contribution in [0, 0.1) is 0 Å². The topological polar surface area (TPSA) is 105 Å². The monoisotopic (exact) mass is 322 g/mol. The predicted molar refractivity (Wildman–Crippen MR) is 83.8 cm³/mol. The van der Waals surface area contributed by atoms with E-state index in [9.17, 15) is 14.4 Å². The van der Waals surface area contributed by atoms with Gasteiger partial charge in [0.05, 0.1) is 13.0 Å². The number of carbonyl (C=O) groups excluding carboxylic acids is 2. The predicted octanol–water partition coefficient (Wildman–Crippen LogP) is 0.341. The Labute approximate surface area is 135 Å². The van der Waals surface area contributed by atoms with Crippen molar-refractivity contribution in [1.29, 1.82) is 0 Å². The van der Waals surface area contributed by atoms with Gasteiger partial charge in [-0.3, -0.25) is 9.59 Å². The molecule has 0 bridgehead atoms. The van der Waals surface area contributed by atoms with Crippen LogP contribution in [-0.4, -0.2) is 48.7 Å². The average Bonchev–Trinajstić information content (AvgIpc) is 2.48. The van der Waals surface area contributed by atoms with E-state index in [0.29, 0.717) is 0 Å². The molecule has 1 aromatic carbocycles. The Balaban J connectivity index is 2.36. The molecule has 7 nitrogen and oxygen atoms in total. The lowest BCUT2D eigenvalue weighted by Crippen LogP contribution is -2.55. The molecule has 0 aliphatic heterocycles. The van der Waals surface area contributed by atoms with Crippen molar-refractivity contribution >= 4 is 17.8 Å². The number of carbonyl (C=O) groups is 3. The molecule has 126 valence electrons. The van der Waals surface area contributed by atoms with Crippen molar-refractivity contribution in [3.8, 4) is 0 Å². The second-order valence-electron chi connectivity index (χ2n) is 5.38. The lowest BCUT2D eigenvalue weighted by molar-refractivity contribution is -0.149. The third-order valence-electron chi connectivity index (χ3n) is 3.20. The van der Waals surface area contributed by atoms with Crippen LogP contribution in [-0.2, 0) is 25.5 Å². The summed E-state index contributed by atoms with van der Waals surface area (Å²) in [4.78, 5) is 34.7. The van der Waals surface area contributed by atoms with Crippen LogP contribution in [0.1, 0.15) is 18.9 Å². The maximum absolute atomic E-state index is 11.8. The molecular weight excluding hydrogens is 300 g/mol. The highest BCUT2D eigenvalue weighted by atomic mass is 16.5. The van der Waals surface area contributed by atoms with Gasteiger partial charge in [0, 0.05) is 20.1 Å². The van der Waals surface area contributed by atoms with Crippen LogP contribution in [0.2, 0.25) is 0 Å². The summed E-state index contributed by atoms with van der Waals surface area (Å²) in [6.45, 7) is 1.36. The van der Waals surface area contributed by atoms with Gasteiger partial charge in [0.2, 0.25) is 11.8 Å². The number of nitrogens with one attached hydrogen (secondary N) is 2. The highest BCUT2D eigenvalue weighted by Gasteiger charge is 2.34. The molecule has 1 atom stereocenters. The molecule has 0 aliphatic carbocycles. The van der Waals surface area contributed by atoms with Gasteiger partial charge in [0.1, 0.15) is 0 Å². The number of benzene rings is 1. The summed E-state index contributed by atoms with van der Waals surface area (Å²) < 4.78 is 4.81. The van der Waals surface area contributed by atoms with Crippen molar-refractivity contribution < 1.29 is 24.2 Å². The number of hydrogen-bond acceptors (Lipinski definition) is 4. The van der Waals surface area contributed by atoms with Gasteiger partial charge in [-0.05, 0) is 12.5 Å². The van der Waals surface area contributed by atoms with E-state index in [1.165, 1.54) is 14.0 Å². The molecule has 0 spiro atoms. The molecule has 0 heterocycles. The Hall–Kier alpha value is -2.41. The zero-order valence-corrected chi connectivity index (χ0v) is 13.3. The minimum atomic E-state index is -1.49. The van der Waals surface area contributed by atoms with Gasteiger partial charge in [-0.15, -0.1) is 0 Å². The third kappa shape index (κ3) is 6.48. The molecule has 3 N–H and O–H groups in total. The number of hydrogen-bond donors (Lipinski definition) is 3. The van der Waals surface area contributed by atoms with Gasteiger partial charge >= 0.3 is 5.97 Å². The molecule has 1 rings (SSSR count). The quantitative estimate of drug-likeness (QED) is 0.608. The Morgan fingerprint density at radius 3 is 2.39 bits per heavy atom. The molecule has 0 aliphatic rings. The van der Waals surface area contributed by atoms with E-state index in [0.717, 1.165) is 5.56 Å². The maximum atomic E-state index is 11.8. The molecule has 0 saturated carbocycles. The van der Waals surface area contributed by atoms with Crippen LogP contribution >= 0.6 is 0 Å². The van der Waals surface area contributed by atoms with Crippen molar-refractivity contribution in [3.63, 3.8) is 0 Å². The number of rotatable bonds is 9. The molecule has 1 unspecified atom stereocenters. The number of carboxylic acids is 1. The zero-order chi connectivity index (χ0) is 17.3. The standard InChI is InChI=1S/C16H22N2O5/c1-16(11-23-2,15(21)22)18-13(19)8-9-17-14(20)10-12-6-4-3-5-7-12/h3-7H,8-11H2,1-2H3,(H,17,20)(H,18,19)(H,21,22). The molecule has 2 amide bonds. The highest BCUT2D eigenvalue weighted by molar-refractivity contribution is 5.87. The summed E-state index contributed by atoms with van der Waals surface area (Å²) in [5.74, 6) is -1.84. The minimum absolute atomic E-state index is 0.00683. The molecule has 7 heteroatoms. The van der Waals surface area contributed by atoms with E-state index < -0.39 is 17.4 Å². The van der Waals surface area contributed by atoms with E-state index in [4.69, 9.17) is 9.84 Å². The van der Waals surface area contributed by atoms with E-state index in [1.54, 1.807) is 0 Å². The van der Waals surface area contributed by atoms with Crippen LogP contribution in [0.5, 0.6) is 0 Å². The van der Waals surface area contributed by atoms with Gasteiger partial charge < -0.3 is 20.5 Å². The van der Waals surface area contributed by atoms with Crippen LogP contribution < -0.4 is 10.6 Å². The summed E-state index contributed by atoms with van der Waals surface area (Å²) >= 11 is 0. The number of amides is 2. The van der Waals surface area contributed by atoms with Gasteiger partial charge in [0.25, 0.3) is 0 Å². The Bertz CT molecular complexity index is 547. The SMILES string of the molecule is COCC(C)(NC(=O)CCNC(=O)Cc1ccccc1)C(=O)O. The van der Waals surface area contributed by atoms with E-state index in [1.807, 2.05) is 30.3 Å². The van der Waals surface area contributed by atoms with Crippen molar-refractivity contribution in [2.24, 2.45) is 0 Å². The largest absolute Gasteiger partial charge is 0.479 e. The number of aliphatic carboxylic acids is 1. The third-order valence-corrected chi connectivity index (χ3v) is 3.20. The van der Waals surface area contributed by atoms with Crippen LogP contribution in [0.25, 0.3) is 0 Å². The lowest BCUT2D eigenvalue weighted by Gasteiger charge is -2.25. The first-order chi connectivity index (χ1) is 10.9. The summed E-state index contributed by atoms with van der Waals surface area (Å²) in [6.07, 6.45) is 0.228. The molecule has 23 heavy (non-hydrogen) atoms. The maximum Gasteiger partial charge on any atom is 0.331 e. The first-order valence-corrected chi connectivity index (χ1v) is 7.21. The lowest BCUT2D eigenvalue weighted by atomic mass is 10.0. The molecule has 0 saturated heterocycles. The van der Waals surface area contributed by atoms with Crippen molar-refractivity contribution in [2.45, 2.75) is 25.3 Å². The average molecular weight is 322 g/mol. The fourth-order valence-electron chi connectivity index (χ4n) is 1.97. The minimum Gasteiger partial charge on any atom is -0.479 e. The van der Waals surface area contributed by atoms with E-state index in [-0.39, 0.29) is 31.9 Å². The first-order valence-electron chi connectivity index (χ1n) is 7.21. The summed E-state index contributed by atoms with van der Waals surface area (Å²) in [7, 11) is 1.36. The van der Waals surface area contributed by atoms with Crippen LogP contribution in [0.4, 0.5) is 0 Å². The molecule has 0 aromatic heterocycles. The summed E-state index contributed by atoms with van der Waals surface area (Å²) in [5, 5.41) is 14.2. The van der Waals surface area contributed by atoms with Crippen molar-refractivity contribution in [1.82, 2.24) is 10.6 Å². The van der Waals surface area contributed by atoms with Crippen LogP contribution in [0.15, 0.2) is 30.3 Å². The molecule has 0 fully saturated rings. The second-order valence-corrected chi connectivity index (χ2v) is 5.38. The number of methoxy groups -OCH3 is 1. The van der Waals surface area contributed by atoms with Gasteiger partial charge in [-0.25, -0.2) is 4.79 Å². The Kier molecular flexibility index (Phi) is 7.21. The Morgan fingerprint density at radius 2 is 1.83 bits per heavy atom. The van der Waals surface area contributed by atoms with Crippen LogP contribution in [0.3, 0.4) is 0 Å². The summed E-state index contributed by atoms with van der Waals surface area (Å²) in [5.41, 5.74) is -0.604. The molecule has 0 radical (unpaired) electrons. The molecular formula is C16H22N2O5. The number of ether oxygens (including phenoxy) is 1. The summed E-state index contributed by atoms with van der Waals surface area (Å²) in [6, 6.07) is 9.24. The van der Waals surface area contributed by atoms with Crippen molar-refractivity contribution in [3.05, 3.63) is 35.9 Å². The normalized spacial score (nSPS) is 13.0. The van der Waals surface area contributed by atoms with Crippen molar-refractivity contribution in [2.75, 3.05) is 20.3 Å². The molecule has 1 aromatic rings. The fourth-order valence-corrected chi connectivity index (χ4v) is 1.97. The van der Waals surface area contributed by atoms with Gasteiger partial charge in [-0.2, -0.15) is 0 Å². The number of carboxylic acid groups (broad SMARTS) is 1. The van der Waals surface area contributed by atoms with Gasteiger partial charge in [0.15, 0.2) is 5.54 Å². The Morgan fingerprint density at radius 1 is 1.17 bits per heavy atom. The highest BCUT2D eigenvalue weighted by Crippen LogP contribution is 2.05. The first kappa shape index (κ1) is 18.6. The smallest absolute Gasteiger partial charge is 0.331 e. The van der Waals surface area contributed by atoms with Gasteiger partial charge in [-0.1, -0.05) is 30.3 Å². The second kappa shape index (κ2) is 8.89. The van der Waals surface area contributed by atoms with E-state index >= 15 is 0 Å². The fraction of sp³-hybridized carbons (Fsp3) is 0.438. The van der Waals surface area contributed by atoms with E-state index in [2.05, 4.69) is 10.6 Å².